The molecule has 1 aromatic rings. The fraction of sp³-hybridized carbons (Fsp3) is 0. The van der Waals surface area contributed by atoms with Crippen molar-refractivity contribution in [2.75, 3.05) is 0 Å². The normalized spacial score (nSPS) is 8.82. The Balaban J connectivity index is 2.58. The van der Waals surface area contributed by atoms with Gasteiger partial charge in [0.1, 0.15) is 5.75 Å². The third-order valence-electron chi connectivity index (χ3n) is 1.03. The summed E-state index contributed by atoms with van der Waals surface area (Å²) in [4.78, 5) is 10.3. The fourth-order valence-corrected chi connectivity index (χ4v) is 0.615. The molecule has 1 N–H and O–H groups in total. The standard InChI is InChI=1S/C7H6FNO2/c8-9-7(10)11-6-4-2-1-3-5-6/h1-5H,(H,9,10). The van der Waals surface area contributed by atoms with Gasteiger partial charge in [0.05, 0.1) is 0 Å². The van der Waals surface area contributed by atoms with Gasteiger partial charge in [-0.3, -0.25) is 0 Å². The van der Waals surface area contributed by atoms with Crippen LogP contribution in [0.15, 0.2) is 30.3 Å². The van der Waals surface area contributed by atoms with Gasteiger partial charge in [-0.15, -0.1) is 0 Å². The number of halogens is 1. The molecule has 11 heavy (non-hydrogen) atoms. The highest BCUT2D eigenvalue weighted by Crippen LogP contribution is 2.07. The molecule has 3 nitrogen and oxygen atoms in total. The first kappa shape index (κ1) is 7.53. The summed E-state index contributed by atoms with van der Waals surface area (Å²) in [5.74, 6) is 0.308. The van der Waals surface area contributed by atoms with Crippen LogP contribution < -0.4 is 10.3 Å². The van der Waals surface area contributed by atoms with Gasteiger partial charge in [-0.05, 0) is 12.1 Å². The van der Waals surface area contributed by atoms with E-state index in [0.29, 0.717) is 5.75 Å². The third kappa shape index (κ3) is 2.25. The van der Waals surface area contributed by atoms with Crippen LogP contribution in [0, 0.1) is 0 Å². The number of rotatable bonds is 1. The predicted molar refractivity (Wildman–Crippen MR) is 36.7 cm³/mol. The topological polar surface area (TPSA) is 38.3 Å². The van der Waals surface area contributed by atoms with Crippen LogP contribution in [0.1, 0.15) is 0 Å². The maximum atomic E-state index is 11.3. The van der Waals surface area contributed by atoms with Crippen molar-refractivity contribution in [1.82, 2.24) is 5.54 Å². The number of carbonyl (C=O) groups is 1. The van der Waals surface area contributed by atoms with Gasteiger partial charge in [-0.25, -0.2) is 4.79 Å². The van der Waals surface area contributed by atoms with Crippen LogP contribution >= 0.6 is 0 Å². The molecule has 0 heterocycles. The van der Waals surface area contributed by atoms with Crippen molar-refractivity contribution in [3.63, 3.8) is 0 Å². The smallest absolute Gasteiger partial charge is 0.409 e. The third-order valence-corrected chi connectivity index (χ3v) is 1.03. The van der Waals surface area contributed by atoms with E-state index in [1.54, 1.807) is 30.3 Å². The molecule has 0 aliphatic carbocycles. The first-order valence-corrected chi connectivity index (χ1v) is 2.96. The van der Waals surface area contributed by atoms with Gasteiger partial charge >= 0.3 is 6.09 Å². The molecule has 1 rings (SSSR count). The average molecular weight is 155 g/mol. The van der Waals surface area contributed by atoms with E-state index in [0.717, 1.165) is 5.54 Å². The van der Waals surface area contributed by atoms with Gasteiger partial charge in [-0.2, -0.15) is 5.54 Å². The van der Waals surface area contributed by atoms with Gasteiger partial charge in [0, 0.05) is 0 Å². The van der Waals surface area contributed by atoms with Crippen LogP contribution in [0.25, 0.3) is 0 Å². The van der Waals surface area contributed by atoms with Gasteiger partial charge in [-0.1, -0.05) is 22.7 Å². The molecule has 0 aromatic heterocycles. The lowest BCUT2D eigenvalue weighted by Gasteiger charge is -1.98. The zero-order valence-electron chi connectivity index (χ0n) is 5.58. The Kier molecular flexibility index (Phi) is 2.43. The highest BCUT2D eigenvalue weighted by atomic mass is 19.2. The molecule has 0 unspecified atom stereocenters. The van der Waals surface area contributed by atoms with Crippen molar-refractivity contribution in [3.05, 3.63) is 30.3 Å². The minimum atomic E-state index is -1.11. The average Bonchev–Trinajstić information content (AvgIpc) is 2.06. The number of benzene rings is 1. The summed E-state index contributed by atoms with van der Waals surface area (Å²) >= 11 is 0. The molecule has 0 aliphatic heterocycles. The van der Waals surface area contributed by atoms with Crippen molar-refractivity contribution in [3.8, 4) is 5.75 Å². The Labute approximate surface area is 62.7 Å². The van der Waals surface area contributed by atoms with Crippen molar-refractivity contribution in [2.45, 2.75) is 0 Å². The minimum Gasteiger partial charge on any atom is -0.409 e. The highest BCUT2D eigenvalue weighted by Gasteiger charge is 1.99. The fourth-order valence-electron chi connectivity index (χ4n) is 0.615. The Bertz CT molecular complexity index is 237. The number of hydrogen-bond donors (Lipinski definition) is 1. The van der Waals surface area contributed by atoms with Crippen LogP contribution in [-0.2, 0) is 0 Å². The Hall–Kier alpha value is -1.58. The van der Waals surface area contributed by atoms with E-state index in [-0.39, 0.29) is 0 Å². The molecule has 4 heteroatoms. The quantitative estimate of drug-likeness (QED) is 0.626. The Morgan fingerprint density at radius 1 is 1.36 bits per heavy atom. The molecule has 0 saturated carbocycles. The largest absolute Gasteiger partial charge is 0.440 e. The van der Waals surface area contributed by atoms with Crippen LogP contribution in [-0.4, -0.2) is 6.09 Å². The van der Waals surface area contributed by atoms with Gasteiger partial charge in [0.15, 0.2) is 0 Å². The molecule has 1 amide bonds. The summed E-state index contributed by atoms with van der Waals surface area (Å²) in [5, 5.41) is 0. The van der Waals surface area contributed by atoms with Crippen LogP contribution in [0.5, 0.6) is 5.75 Å². The van der Waals surface area contributed by atoms with Crippen molar-refractivity contribution in [1.29, 1.82) is 0 Å². The van der Waals surface area contributed by atoms with E-state index < -0.39 is 6.09 Å². The maximum absolute atomic E-state index is 11.3. The molecule has 0 radical (unpaired) electrons. The van der Waals surface area contributed by atoms with Gasteiger partial charge < -0.3 is 4.74 Å². The van der Waals surface area contributed by atoms with E-state index in [9.17, 15) is 9.28 Å². The summed E-state index contributed by atoms with van der Waals surface area (Å²) in [7, 11) is 0. The van der Waals surface area contributed by atoms with E-state index in [4.69, 9.17) is 0 Å². The molecule has 0 fully saturated rings. The van der Waals surface area contributed by atoms with E-state index in [1.165, 1.54) is 0 Å². The van der Waals surface area contributed by atoms with E-state index >= 15 is 0 Å². The molecule has 1 aromatic carbocycles. The number of carbonyl (C=O) groups excluding carboxylic acids is 1. The zero-order chi connectivity index (χ0) is 8.10. The summed E-state index contributed by atoms with van der Waals surface area (Å²) in [6, 6.07) is 8.23. The lowest BCUT2D eigenvalue weighted by molar-refractivity contribution is 0.174. The van der Waals surface area contributed by atoms with Gasteiger partial charge in [0.2, 0.25) is 0 Å². The highest BCUT2D eigenvalue weighted by molar-refractivity contribution is 5.68. The van der Waals surface area contributed by atoms with Crippen LogP contribution in [0.3, 0.4) is 0 Å². The monoisotopic (exact) mass is 155 g/mol. The first-order valence-electron chi connectivity index (χ1n) is 2.96. The van der Waals surface area contributed by atoms with Crippen molar-refractivity contribution < 1.29 is 14.0 Å². The summed E-state index contributed by atoms with van der Waals surface area (Å²) in [6.07, 6.45) is -1.11. The number of hydrogen-bond acceptors (Lipinski definition) is 2. The van der Waals surface area contributed by atoms with Gasteiger partial charge in [0.25, 0.3) is 0 Å². The molecule has 0 atom stereocenters. The SMILES string of the molecule is O=C(NF)Oc1ccccc1. The summed E-state index contributed by atoms with van der Waals surface area (Å²) < 4.78 is 15.8. The minimum absolute atomic E-state index is 0.308. The van der Waals surface area contributed by atoms with E-state index in [1.807, 2.05) is 0 Å². The number of ether oxygens (including phenoxy) is 1. The van der Waals surface area contributed by atoms with Crippen LogP contribution in [0.4, 0.5) is 9.28 Å². The molecule has 0 bridgehead atoms. The maximum Gasteiger partial charge on any atom is 0.440 e. The Morgan fingerprint density at radius 2 is 2.00 bits per heavy atom. The molecule has 0 spiro atoms. The first-order chi connectivity index (χ1) is 5.33. The lowest BCUT2D eigenvalue weighted by Crippen LogP contribution is -2.18. The molecule has 58 valence electrons. The number of nitrogens with one attached hydrogen (secondary N) is 1. The Morgan fingerprint density at radius 3 is 2.55 bits per heavy atom. The summed E-state index contributed by atoms with van der Waals surface area (Å²) in [5.41, 5.74) is 0.852. The zero-order valence-corrected chi connectivity index (χ0v) is 5.58. The number of para-hydroxylation sites is 1. The van der Waals surface area contributed by atoms with E-state index in [2.05, 4.69) is 4.74 Å². The second kappa shape index (κ2) is 3.55. The van der Waals surface area contributed by atoms with Crippen molar-refractivity contribution >= 4 is 6.09 Å². The molecule has 0 aliphatic rings. The number of amides is 1. The summed E-state index contributed by atoms with van der Waals surface area (Å²) in [6.45, 7) is 0. The second-order valence-electron chi connectivity index (χ2n) is 1.80. The predicted octanol–water partition coefficient (Wildman–Crippen LogP) is 1.66. The lowest BCUT2D eigenvalue weighted by atomic mass is 10.3. The molecular weight excluding hydrogens is 149 g/mol. The molecular formula is C7H6FNO2. The second-order valence-corrected chi connectivity index (χ2v) is 1.80. The van der Waals surface area contributed by atoms with Crippen LogP contribution in [0.2, 0.25) is 0 Å². The molecule has 0 saturated heterocycles. The van der Waals surface area contributed by atoms with Crippen molar-refractivity contribution in [2.24, 2.45) is 0 Å².